The standard InChI is InChI=1S/C22H25N5O3S/c1-3-27-19(14-23-20(28)13-16-9-5-4-6-10-16)25-26-22(27)31-15-21(29)24-17-11-7-8-12-18(17)30-2/h4-12H,3,13-15H2,1-2H3,(H,23,28)(H,24,29). The molecule has 0 radical (unpaired) electrons. The Bertz CT molecular complexity index is 1020. The summed E-state index contributed by atoms with van der Waals surface area (Å²) in [6, 6.07) is 16.8. The number of benzene rings is 2. The lowest BCUT2D eigenvalue weighted by molar-refractivity contribution is -0.120. The Morgan fingerprint density at radius 1 is 1.03 bits per heavy atom. The largest absolute Gasteiger partial charge is 0.495 e. The van der Waals surface area contributed by atoms with E-state index in [1.165, 1.54) is 11.8 Å². The molecule has 0 aliphatic heterocycles. The molecular weight excluding hydrogens is 414 g/mol. The number of thioether (sulfide) groups is 1. The third-order valence-electron chi connectivity index (χ3n) is 4.47. The van der Waals surface area contributed by atoms with E-state index in [0.717, 1.165) is 5.56 Å². The van der Waals surface area contributed by atoms with Crippen molar-refractivity contribution in [1.29, 1.82) is 0 Å². The van der Waals surface area contributed by atoms with Crippen LogP contribution < -0.4 is 15.4 Å². The first kappa shape index (κ1) is 22.4. The van der Waals surface area contributed by atoms with Crippen molar-refractivity contribution in [3.05, 3.63) is 66.0 Å². The fourth-order valence-corrected chi connectivity index (χ4v) is 3.78. The van der Waals surface area contributed by atoms with Crippen LogP contribution in [0.15, 0.2) is 59.8 Å². The number of hydrogen-bond acceptors (Lipinski definition) is 6. The summed E-state index contributed by atoms with van der Waals surface area (Å²) >= 11 is 1.29. The molecule has 0 aliphatic carbocycles. The van der Waals surface area contributed by atoms with Crippen molar-refractivity contribution >= 4 is 29.3 Å². The predicted octanol–water partition coefficient (Wildman–Crippen LogP) is 2.90. The van der Waals surface area contributed by atoms with Crippen molar-refractivity contribution in [2.75, 3.05) is 18.2 Å². The number of anilines is 1. The highest BCUT2D eigenvalue weighted by Crippen LogP contribution is 2.24. The Morgan fingerprint density at radius 3 is 2.52 bits per heavy atom. The van der Waals surface area contributed by atoms with E-state index in [-0.39, 0.29) is 24.1 Å². The van der Waals surface area contributed by atoms with Crippen LogP contribution in [0.4, 0.5) is 5.69 Å². The minimum atomic E-state index is -0.169. The fraction of sp³-hybridized carbons (Fsp3) is 0.273. The second kappa shape index (κ2) is 11.2. The summed E-state index contributed by atoms with van der Waals surface area (Å²) in [7, 11) is 1.56. The highest BCUT2D eigenvalue weighted by atomic mass is 32.2. The highest BCUT2D eigenvalue weighted by molar-refractivity contribution is 7.99. The van der Waals surface area contributed by atoms with Gasteiger partial charge in [0.25, 0.3) is 0 Å². The molecule has 0 atom stereocenters. The molecule has 0 spiro atoms. The molecule has 2 amide bonds. The lowest BCUT2D eigenvalue weighted by Gasteiger charge is -2.10. The summed E-state index contributed by atoms with van der Waals surface area (Å²) in [5.74, 6) is 1.18. The number of para-hydroxylation sites is 2. The van der Waals surface area contributed by atoms with Gasteiger partial charge in [-0.15, -0.1) is 10.2 Å². The van der Waals surface area contributed by atoms with E-state index >= 15 is 0 Å². The third-order valence-corrected chi connectivity index (χ3v) is 5.44. The number of nitrogens with one attached hydrogen (secondary N) is 2. The number of hydrogen-bond donors (Lipinski definition) is 2. The maximum absolute atomic E-state index is 12.3. The summed E-state index contributed by atoms with van der Waals surface area (Å²) < 4.78 is 7.14. The molecule has 0 aliphatic rings. The lowest BCUT2D eigenvalue weighted by Crippen LogP contribution is -2.26. The number of rotatable bonds is 10. The molecule has 0 fully saturated rings. The van der Waals surface area contributed by atoms with Crippen LogP contribution >= 0.6 is 11.8 Å². The first-order valence-electron chi connectivity index (χ1n) is 9.89. The van der Waals surface area contributed by atoms with E-state index in [9.17, 15) is 9.59 Å². The molecule has 2 aromatic carbocycles. The zero-order chi connectivity index (χ0) is 22.1. The average Bonchev–Trinajstić information content (AvgIpc) is 3.19. The van der Waals surface area contributed by atoms with Crippen LogP contribution in [0.1, 0.15) is 18.3 Å². The van der Waals surface area contributed by atoms with Gasteiger partial charge in [0, 0.05) is 6.54 Å². The Labute approximate surface area is 185 Å². The molecule has 0 bridgehead atoms. The maximum atomic E-state index is 12.3. The molecule has 3 aromatic rings. The summed E-state index contributed by atoms with van der Waals surface area (Å²) in [5.41, 5.74) is 1.57. The molecular formula is C22H25N5O3S. The summed E-state index contributed by atoms with van der Waals surface area (Å²) in [6.07, 6.45) is 0.311. The zero-order valence-corrected chi connectivity index (χ0v) is 18.3. The molecule has 31 heavy (non-hydrogen) atoms. The van der Waals surface area contributed by atoms with E-state index in [1.54, 1.807) is 19.2 Å². The lowest BCUT2D eigenvalue weighted by atomic mass is 10.1. The second-order valence-corrected chi connectivity index (χ2v) is 7.56. The third kappa shape index (κ3) is 6.32. The molecule has 1 aromatic heterocycles. The van der Waals surface area contributed by atoms with Crippen LogP contribution in [0.5, 0.6) is 5.75 Å². The first-order chi connectivity index (χ1) is 15.1. The molecule has 0 unspecified atom stereocenters. The maximum Gasteiger partial charge on any atom is 0.234 e. The van der Waals surface area contributed by atoms with Crippen molar-refractivity contribution in [3.63, 3.8) is 0 Å². The van der Waals surface area contributed by atoms with Crippen LogP contribution in [0.3, 0.4) is 0 Å². The summed E-state index contributed by atoms with van der Waals surface area (Å²) in [4.78, 5) is 24.5. The van der Waals surface area contributed by atoms with Crippen LogP contribution in [-0.4, -0.2) is 39.4 Å². The van der Waals surface area contributed by atoms with E-state index in [4.69, 9.17) is 4.74 Å². The number of methoxy groups -OCH3 is 1. The van der Waals surface area contributed by atoms with E-state index in [1.807, 2.05) is 54.0 Å². The van der Waals surface area contributed by atoms with Gasteiger partial charge in [-0.05, 0) is 24.6 Å². The molecule has 9 heteroatoms. The van der Waals surface area contributed by atoms with E-state index in [0.29, 0.717) is 35.4 Å². The van der Waals surface area contributed by atoms with E-state index in [2.05, 4.69) is 20.8 Å². The van der Waals surface area contributed by atoms with E-state index < -0.39 is 0 Å². The van der Waals surface area contributed by atoms with Crippen LogP contribution in [-0.2, 0) is 29.1 Å². The quantitative estimate of drug-likeness (QED) is 0.472. The van der Waals surface area contributed by atoms with Gasteiger partial charge < -0.3 is 19.9 Å². The summed E-state index contributed by atoms with van der Waals surface area (Å²) in [6.45, 7) is 2.88. The monoisotopic (exact) mass is 439 g/mol. The average molecular weight is 440 g/mol. The molecule has 2 N–H and O–H groups in total. The number of aromatic nitrogens is 3. The Balaban J connectivity index is 1.53. The zero-order valence-electron chi connectivity index (χ0n) is 17.5. The number of nitrogens with zero attached hydrogens (tertiary/aromatic N) is 3. The van der Waals surface area contributed by atoms with Gasteiger partial charge in [0.1, 0.15) is 5.75 Å². The van der Waals surface area contributed by atoms with Crippen molar-refractivity contribution in [2.24, 2.45) is 0 Å². The van der Waals surface area contributed by atoms with Gasteiger partial charge >= 0.3 is 0 Å². The highest BCUT2D eigenvalue weighted by Gasteiger charge is 2.15. The minimum absolute atomic E-state index is 0.0813. The van der Waals surface area contributed by atoms with Gasteiger partial charge in [0.2, 0.25) is 11.8 Å². The smallest absolute Gasteiger partial charge is 0.234 e. The van der Waals surface area contributed by atoms with Crippen molar-refractivity contribution in [1.82, 2.24) is 20.1 Å². The van der Waals surface area contributed by atoms with Gasteiger partial charge in [0.15, 0.2) is 11.0 Å². The topological polar surface area (TPSA) is 98.1 Å². The van der Waals surface area contributed by atoms with Gasteiger partial charge in [-0.3, -0.25) is 9.59 Å². The molecule has 8 nitrogen and oxygen atoms in total. The van der Waals surface area contributed by atoms with Gasteiger partial charge in [-0.1, -0.05) is 54.2 Å². The number of carbonyl (C=O) groups excluding carboxylic acids is 2. The molecule has 162 valence electrons. The predicted molar refractivity (Wildman–Crippen MR) is 120 cm³/mol. The molecule has 0 saturated carbocycles. The molecule has 1 heterocycles. The second-order valence-electron chi connectivity index (χ2n) is 6.62. The van der Waals surface area contributed by atoms with Crippen molar-refractivity contribution in [3.8, 4) is 5.75 Å². The SMILES string of the molecule is CCn1c(CNC(=O)Cc2ccccc2)nnc1SCC(=O)Nc1ccccc1OC. The Morgan fingerprint density at radius 2 is 1.77 bits per heavy atom. The Hall–Kier alpha value is -3.33. The van der Waals surface area contributed by atoms with Crippen LogP contribution in [0.2, 0.25) is 0 Å². The van der Waals surface area contributed by atoms with Gasteiger partial charge in [-0.2, -0.15) is 0 Å². The first-order valence-corrected chi connectivity index (χ1v) is 10.9. The van der Waals surface area contributed by atoms with Crippen LogP contribution in [0.25, 0.3) is 0 Å². The summed E-state index contributed by atoms with van der Waals surface area (Å²) in [5, 5.41) is 14.7. The van der Waals surface area contributed by atoms with Crippen molar-refractivity contribution < 1.29 is 14.3 Å². The molecule has 0 saturated heterocycles. The Kier molecular flexibility index (Phi) is 8.05. The molecule has 3 rings (SSSR count). The number of carbonyl (C=O) groups is 2. The van der Waals surface area contributed by atoms with Crippen molar-refractivity contribution in [2.45, 2.75) is 31.6 Å². The minimum Gasteiger partial charge on any atom is -0.495 e. The number of ether oxygens (including phenoxy) is 1. The normalized spacial score (nSPS) is 10.5. The van der Waals surface area contributed by atoms with Gasteiger partial charge in [0.05, 0.1) is 31.5 Å². The number of amides is 2. The van der Waals surface area contributed by atoms with Gasteiger partial charge in [-0.25, -0.2) is 0 Å². The van der Waals surface area contributed by atoms with Crippen LogP contribution in [0, 0.1) is 0 Å². The fourth-order valence-electron chi connectivity index (χ4n) is 2.96.